The van der Waals surface area contributed by atoms with E-state index >= 15 is 0 Å². The van der Waals surface area contributed by atoms with E-state index in [1.807, 2.05) is 20.8 Å². The van der Waals surface area contributed by atoms with Gasteiger partial charge in [-0.05, 0) is 13.3 Å². The number of ketones is 1. The van der Waals surface area contributed by atoms with Crippen LogP contribution in [0.2, 0.25) is 0 Å². The third kappa shape index (κ3) is 2.39. The van der Waals surface area contributed by atoms with Crippen LogP contribution in [0, 0.1) is 30.1 Å². The number of nitrogens with zero attached hydrogens (tertiary/aromatic N) is 3. The van der Waals surface area contributed by atoms with Gasteiger partial charge in [-0.25, -0.2) is 4.98 Å². The maximum Gasteiger partial charge on any atom is 0.186 e. The Balaban J connectivity index is 2.20. The molecule has 1 atom stereocenters. The summed E-state index contributed by atoms with van der Waals surface area (Å²) in [5.74, 6) is 0.258. The van der Waals surface area contributed by atoms with Crippen molar-refractivity contribution in [1.29, 1.82) is 5.26 Å². The number of carbonyl (C=O) groups excluding carboxylic acids is 1. The van der Waals surface area contributed by atoms with Gasteiger partial charge in [0.1, 0.15) is 0 Å². The Morgan fingerprint density at radius 1 is 1.61 bits per heavy atom. The summed E-state index contributed by atoms with van der Waals surface area (Å²) in [5.41, 5.74) is 0.814. The average molecular weight is 263 g/mol. The van der Waals surface area contributed by atoms with Gasteiger partial charge in [-0.1, -0.05) is 25.2 Å². The average Bonchev–Trinajstić information content (AvgIpc) is 2.93. The molecule has 1 aromatic rings. The third-order valence-corrected chi connectivity index (χ3v) is 4.41. The lowest BCUT2D eigenvalue weighted by Crippen LogP contribution is -2.18. The van der Waals surface area contributed by atoms with E-state index in [1.165, 1.54) is 11.3 Å². The van der Waals surface area contributed by atoms with Gasteiger partial charge in [-0.15, -0.1) is 0 Å². The fourth-order valence-electron chi connectivity index (χ4n) is 2.05. The lowest BCUT2D eigenvalue weighted by atomic mass is 10.1. The predicted molar refractivity (Wildman–Crippen MR) is 72.0 cm³/mol. The SMILES string of the molecule is Cc1nc(N2CCC(C#N)C2)sc1C(=O)C(C)C. The molecule has 1 unspecified atom stereocenters. The lowest BCUT2D eigenvalue weighted by Gasteiger charge is -2.12. The molecule has 18 heavy (non-hydrogen) atoms. The summed E-state index contributed by atoms with van der Waals surface area (Å²) in [6.07, 6.45) is 0.891. The molecule has 1 aliphatic rings. The number of anilines is 1. The van der Waals surface area contributed by atoms with E-state index in [-0.39, 0.29) is 17.6 Å². The van der Waals surface area contributed by atoms with Crippen LogP contribution >= 0.6 is 11.3 Å². The Labute approximate surface area is 111 Å². The first-order chi connectivity index (χ1) is 8.52. The highest BCUT2D eigenvalue weighted by Gasteiger charge is 2.26. The van der Waals surface area contributed by atoms with Crippen molar-refractivity contribution < 1.29 is 4.79 Å². The first kappa shape index (κ1) is 13.0. The molecule has 1 aromatic heterocycles. The number of aryl methyl sites for hydroxylation is 1. The van der Waals surface area contributed by atoms with Gasteiger partial charge >= 0.3 is 0 Å². The highest BCUT2D eigenvalue weighted by atomic mass is 32.1. The summed E-state index contributed by atoms with van der Waals surface area (Å²) in [4.78, 5) is 19.4. The zero-order chi connectivity index (χ0) is 13.3. The Hall–Kier alpha value is -1.41. The van der Waals surface area contributed by atoms with Gasteiger partial charge in [0.05, 0.1) is 22.6 Å². The molecular weight excluding hydrogens is 246 g/mol. The van der Waals surface area contributed by atoms with E-state index < -0.39 is 0 Å². The number of rotatable bonds is 3. The predicted octanol–water partition coefficient (Wildman–Crippen LogP) is 2.64. The molecule has 96 valence electrons. The molecule has 1 fully saturated rings. The fraction of sp³-hybridized carbons (Fsp3) is 0.615. The largest absolute Gasteiger partial charge is 0.347 e. The third-order valence-electron chi connectivity index (χ3n) is 3.17. The number of aromatic nitrogens is 1. The van der Waals surface area contributed by atoms with Gasteiger partial charge in [-0.3, -0.25) is 4.79 Å². The Kier molecular flexibility index (Phi) is 3.67. The first-order valence-corrected chi connectivity index (χ1v) is 7.00. The van der Waals surface area contributed by atoms with Crippen LogP contribution in [-0.2, 0) is 0 Å². The first-order valence-electron chi connectivity index (χ1n) is 6.19. The molecule has 0 N–H and O–H groups in total. The normalized spacial score (nSPS) is 19.3. The van der Waals surface area contributed by atoms with Crippen molar-refractivity contribution in [3.8, 4) is 6.07 Å². The quantitative estimate of drug-likeness (QED) is 0.787. The van der Waals surface area contributed by atoms with Crippen LogP contribution in [0.1, 0.15) is 35.6 Å². The number of hydrogen-bond donors (Lipinski definition) is 0. The molecule has 0 aliphatic carbocycles. The van der Waals surface area contributed by atoms with E-state index in [2.05, 4.69) is 16.0 Å². The second kappa shape index (κ2) is 5.07. The fourth-order valence-corrected chi connectivity index (χ4v) is 3.24. The van der Waals surface area contributed by atoms with Crippen LogP contribution in [0.15, 0.2) is 0 Å². The van der Waals surface area contributed by atoms with Crippen molar-refractivity contribution in [3.63, 3.8) is 0 Å². The molecule has 0 radical (unpaired) electrons. The summed E-state index contributed by atoms with van der Waals surface area (Å²) in [7, 11) is 0. The van der Waals surface area contributed by atoms with Gasteiger partial charge in [-0.2, -0.15) is 5.26 Å². The Morgan fingerprint density at radius 2 is 2.33 bits per heavy atom. The topological polar surface area (TPSA) is 57.0 Å². The van der Waals surface area contributed by atoms with Crippen molar-refractivity contribution in [1.82, 2.24) is 4.98 Å². The number of hydrogen-bond acceptors (Lipinski definition) is 5. The monoisotopic (exact) mass is 263 g/mol. The highest BCUT2D eigenvalue weighted by molar-refractivity contribution is 7.17. The Morgan fingerprint density at radius 3 is 2.89 bits per heavy atom. The van der Waals surface area contributed by atoms with Crippen molar-refractivity contribution in [3.05, 3.63) is 10.6 Å². The number of thiazole rings is 1. The minimum atomic E-state index is 0.00225. The zero-order valence-electron chi connectivity index (χ0n) is 10.9. The van der Waals surface area contributed by atoms with Crippen LogP contribution in [-0.4, -0.2) is 23.9 Å². The minimum Gasteiger partial charge on any atom is -0.347 e. The molecule has 5 heteroatoms. The molecule has 0 spiro atoms. The number of nitriles is 1. The van der Waals surface area contributed by atoms with Crippen LogP contribution in [0.5, 0.6) is 0 Å². The molecule has 0 amide bonds. The molecule has 2 heterocycles. The van der Waals surface area contributed by atoms with Crippen LogP contribution < -0.4 is 4.90 Å². The minimum absolute atomic E-state index is 0.00225. The zero-order valence-corrected chi connectivity index (χ0v) is 11.8. The molecular formula is C13H17N3OS. The van der Waals surface area contributed by atoms with Gasteiger partial charge in [0.15, 0.2) is 10.9 Å². The highest BCUT2D eigenvalue weighted by Crippen LogP contribution is 2.31. The summed E-state index contributed by atoms with van der Waals surface area (Å²) in [6.45, 7) is 7.29. The summed E-state index contributed by atoms with van der Waals surface area (Å²) in [5, 5.41) is 9.79. The molecule has 1 saturated heterocycles. The second-order valence-electron chi connectivity index (χ2n) is 4.99. The number of carbonyl (C=O) groups is 1. The molecule has 0 bridgehead atoms. The van der Waals surface area contributed by atoms with Gasteiger partial charge in [0.25, 0.3) is 0 Å². The summed E-state index contributed by atoms with van der Waals surface area (Å²) >= 11 is 1.46. The maximum atomic E-state index is 12.0. The molecule has 2 rings (SSSR count). The van der Waals surface area contributed by atoms with Gasteiger partial charge in [0, 0.05) is 19.0 Å². The van der Waals surface area contributed by atoms with E-state index in [9.17, 15) is 4.79 Å². The second-order valence-corrected chi connectivity index (χ2v) is 5.97. The molecule has 0 aromatic carbocycles. The van der Waals surface area contributed by atoms with E-state index in [4.69, 9.17) is 5.26 Å². The van der Waals surface area contributed by atoms with E-state index in [0.29, 0.717) is 0 Å². The van der Waals surface area contributed by atoms with Crippen molar-refractivity contribution >= 4 is 22.3 Å². The van der Waals surface area contributed by atoms with Gasteiger partial charge < -0.3 is 4.90 Å². The summed E-state index contributed by atoms with van der Waals surface area (Å²) < 4.78 is 0. The van der Waals surface area contributed by atoms with Crippen molar-refractivity contribution in [2.24, 2.45) is 11.8 Å². The van der Waals surface area contributed by atoms with Crippen LogP contribution in [0.3, 0.4) is 0 Å². The Bertz CT molecular complexity index is 501. The van der Waals surface area contributed by atoms with Crippen molar-refractivity contribution in [2.75, 3.05) is 18.0 Å². The van der Waals surface area contributed by atoms with Crippen LogP contribution in [0.4, 0.5) is 5.13 Å². The van der Waals surface area contributed by atoms with Gasteiger partial charge in [0.2, 0.25) is 0 Å². The lowest BCUT2D eigenvalue weighted by molar-refractivity contribution is 0.0942. The maximum absolute atomic E-state index is 12.0. The van der Waals surface area contributed by atoms with E-state index in [0.717, 1.165) is 35.2 Å². The molecule has 4 nitrogen and oxygen atoms in total. The molecule has 0 saturated carbocycles. The van der Waals surface area contributed by atoms with E-state index in [1.54, 1.807) is 0 Å². The standard InChI is InChI=1S/C13H17N3OS/c1-8(2)11(17)12-9(3)15-13(18-12)16-5-4-10(6-14)7-16/h8,10H,4-5,7H2,1-3H3. The van der Waals surface area contributed by atoms with Crippen LogP contribution in [0.25, 0.3) is 0 Å². The summed E-state index contributed by atoms with van der Waals surface area (Å²) in [6, 6.07) is 2.29. The smallest absolute Gasteiger partial charge is 0.186 e. The number of Topliss-reactive ketones (excluding diaryl/α,β-unsaturated/α-hetero) is 1. The van der Waals surface area contributed by atoms with Crippen molar-refractivity contribution in [2.45, 2.75) is 27.2 Å². The molecule has 1 aliphatic heterocycles.